The van der Waals surface area contributed by atoms with E-state index in [1.165, 1.54) is 18.6 Å². The SMILES string of the molecule is CC(C)[C@@H]1CC[C@@H](C)C[C@H]1C(=O)Nc1ccc(Cl)cc1F. The summed E-state index contributed by atoms with van der Waals surface area (Å²) in [5.41, 5.74) is 0.213. The summed E-state index contributed by atoms with van der Waals surface area (Å²) >= 11 is 5.73. The normalized spacial score (nSPS) is 25.9. The van der Waals surface area contributed by atoms with E-state index in [4.69, 9.17) is 11.6 Å². The molecule has 2 rings (SSSR count). The van der Waals surface area contributed by atoms with Gasteiger partial charge in [0.1, 0.15) is 5.82 Å². The van der Waals surface area contributed by atoms with Crippen LogP contribution in [-0.2, 0) is 4.79 Å². The van der Waals surface area contributed by atoms with Crippen molar-refractivity contribution in [3.63, 3.8) is 0 Å². The lowest BCUT2D eigenvalue weighted by Crippen LogP contribution is -2.36. The van der Waals surface area contributed by atoms with E-state index >= 15 is 0 Å². The minimum Gasteiger partial charge on any atom is -0.323 e. The molecule has 0 aromatic heterocycles. The van der Waals surface area contributed by atoms with Crippen molar-refractivity contribution in [1.82, 2.24) is 0 Å². The fourth-order valence-corrected chi connectivity index (χ4v) is 3.48. The summed E-state index contributed by atoms with van der Waals surface area (Å²) in [6.07, 6.45) is 3.12. The Balaban J connectivity index is 2.13. The highest BCUT2D eigenvalue weighted by molar-refractivity contribution is 6.30. The summed E-state index contributed by atoms with van der Waals surface area (Å²) in [5.74, 6) is 0.789. The van der Waals surface area contributed by atoms with Crippen LogP contribution in [0.5, 0.6) is 0 Å². The maximum absolute atomic E-state index is 13.8. The standard InChI is InChI=1S/C17H23ClFNO/c1-10(2)13-6-4-11(3)8-14(13)17(21)20-16-7-5-12(18)9-15(16)19/h5,7,9-11,13-14H,4,6,8H2,1-3H3,(H,20,21)/t11-,13+,14-/m1/s1. The molecule has 1 fully saturated rings. The Morgan fingerprint density at radius 1 is 1.38 bits per heavy atom. The minimum absolute atomic E-state index is 0.0381. The second-order valence-electron chi connectivity index (χ2n) is 6.55. The molecule has 1 aromatic carbocycles. The molecule has 0 aliphatic heterocycles. The highest BCUT2D eigenvalue weighted by Crippen LogP contribution is 2.38. The van der Waals surface area contributed by atoms with Crippen LogP contribution in [0, 0.1) is 29.5 Å². The fourth-order valence-electron chi connectivity index (χ4n) is 3.32. The van der Waals surface area contributed by atoms with Crippen molar-refractivity contribution in [2.24, 2.45) is 23.7 Å². The first-order valence-electron chi connectivity index (χ1n) is 7.64. The molecule has 1 aliphatic rings. The number of anilines is 1. The first-order chi connectivity index (χ1) is 9.88. The first kappa shape index (κ1) is 16.3. The van der Waals surface area contributed by atoms with Gasteiger partial charge in [-0.1, -0.05) is 38.8 Å². The average Bonchev–Trinajstić information content (AvgIpc) is 2.41. The molecular weight excluding hydrogens is 289 g/mol. The van der Waals surface area contributed by atoms with Gasteiger partial charge in [-0.3, -0.25) is 4.79 Å². The Kier molecular flexibility index (Phi) is 5.26. The number of benzene rings is 1. The van der Waals surface area contributed by atoms with Crippen molar-refractivity contribution in [3.8, 4) is 0 Å². The third kappa shape index (κ3) is 3.97. The molecule has 0 spiro atoms. The van der Waals surface area contributed by atoms with E-state index in [9.17, 15) is 9.18 Å². The van der Waals surface area contributed by atoms with E-state index < -0.39 is 5.82 Å². The van der Waals surface area contributed by atoms with E-state index in [0.29, 0.717) is 22.8 Å². The van der Waals surface area contributed by atoms with E-state index in [1.54, 1.807) is 6.07 Å². The van der Waals surface area contributed by atoms with Gasteiger partial charge in [-0.25, -0.2) is 4.39 Å². The van der Waals surface area contributed by atoms with Crippen molar-refractivity contribution in [2.45, 2.75) is 40.0 Å². The van der Waals surface area contributed by atoms with Gasteiger partial charge >= 0.3 is 0 Å². The molecule has 116 valence electrons. The molecule has 4 heteroatoms. The maximum atomic E-state index is 13.8. The summed E-state index contributed by atoms with van der Waals surface area (Å²) in [6.45, 7) is 6.49. The summed E-state index contributed by atoms with van der Waals surface area (Å²) in [5, 5.41) is 3.07. The monoisotopic (exact) mass is 311 g/mol. The van der Waals surface area contributed by atoms with Crippen molar-refractivity contribution in [3.05, 3.63) is 29.0 Å². The van der Waals surface area contributed by atoms with Gasteiger partial charge in [0, 0.05) is 10.9 Å². The zero-order valence-electron chi connectivity index (χ0n) is 12.8. The molecule has 0 saturated heterocycles. The van der Waals surface area contributed by atoms with Crippen LogP contribution in [0.1, 0.15) is 40.0 Å². The largest absolute Gasteiger partial charge is 0.323 e. The van der Waals surface area contributed by atoms with Crippen LogP contribution in [0.25, 0.3) is 0 Å². The summed E-state index contributed by atoms with van der Waals surface area (Å²) in [4.78, 5) is 12.6. The second kappa shape index (κ2) is 6.78. The zero-order chi connectivity index (χ0) is 15.6. The van der Waals surface area contributed by atoms with E-state index in [2.05, 4.69) is 26.1 Å². The van der Waals surface area contributed by atoms with E-state index in [-0.39, 0.29) is 17.5 Å². The first-order valence-corrected chi connectivity index (χ1v) is 8.02. The molecule has 1 N–H and O–H groups in total. The molecule has 1 amide bonds. The third-order valence-corrected chi connectivity index (χ3v) is 4.78. The molecule has 1 aromatic rings. The van der Waals surface area contributed by atoms with Gasteiger partial charge in [0.25, 0.3) is 0 Å². The number of nitrogens with one attached hydrogen (secondary N) is 1. The quantitative estimate of drug-likeness (QED) is 0.824. The fraction of sp³-hybridized carbons (Fsp3) is 0.588. The number of hydrogen-bond donors (Lipinski definition) is 1. The molecule has 1 saturated carbocycles. The Bertz CT molecular complexity index is 518. The average molecular weight is 312 g/mol. The van der Waals surface area contributed by atoms with Gasteiger partial charge in [0.15, 0.2) is 0 Å². The summed E-state index contributed by atoms with van der Waals surface area (Å²) in [6, 6.07) is 4.33. The van der Waals surface area contributed by atoms with Crippen LogP contribution < -0.4 is 5.32 Å². The van der Waals surface area contributed by atoms with Gasteiger partial charge in [-0.05, 0) is 48.8 Å². The van der Waals surface area contributed by atoms with Gasteiger partial charge in [-0.15, -0.1) is 0 Å². The molecule has 0 unspecified atom stereocenters. The van der Waals surface area contributed by atoms with Crippen LogP contribution in [0.2, 0.25) is 5.02 Å². The number of halogens is 2. The van der Waals surface area contributed by atoms with Gasteiger partial charge in [-0.2, -0.15) is 0 Å². The molecule has 2 nitrogen and oxygen atoms in total. The summed E-state index contributed by atoms with van der Waals surface area (Å²) in [7, 11) is 0. The van der Waals surface area contributed by atoms with E-state index in [0.717, 1.165) is 12.8 Å². The van der Waals surface area contributed by atoms with Crippen LogP contribution in [0.3, 0.4) is 0 Å². The number of carbonyl (C=O) groups is 1. The molecule has 0 heterocycles. The number of amides is 1. The topological polar surface area (TPSA) is 29.1 Å². The second-order valence-corrected chi connectivity index (χ2v) is 6.98. The zero-order valence-corrected chi connectivity index (χ0v) is 13.6. The van der Waals surface area contributed by atoms with Crippen LogP contribution >= 0.6 is 11.6 Å². The van der Waals surface area contributed by atoms with Crippen molar-refractivity contribution >= 4 is 23.2 Å². The highest BCUT2D eigenvalue weighted by Gasteiger charge is 2.35. The van der Waals surface area contributed by atoms with Crippen LogP contribution in [-0.4, -0.2) is 5.91 Å². The Hall–Kier alpha value is -1.09. The molecule has 21 heavy (non-hydrogen) atoms. The van der Waals surface area contributed by atoms with Gasteiger partial charge < -0.3 is 5.32 Å². The van der Waals surface area contributed by atoms with Crippen LogP contribution in [0.4, 0.5) is 10.1 Å². The lowest BCUT2D eigenvalue weighted by Gasteiger charge is -2.36. The van der Waals surface area contributed by atoms with E-state index in [1.807, 2.05) is 0 Å². The minimum atomic E-state index is -0.485. The lowest BCUT2D eigenvalue weighted by atomic mass is 9.70. The predicted octanol–water partition coefficient (Wildman–Crippen LogP) is 5.13. The van der Waals surface area contributed by atoms with Crippen molar-refractivity contribution < 1.29 is 9.18 Å². The molecule has 0 bridgehead atoms. The molecule has 1 aliphatic carbocycles. The number of hydrogen-bond acceptors (Lipinski definition) is 1. The summed E-state index contributed by atoms with van der Waals surface area (Å²) < 4.78 is 13.8. The Labute approximate surface area is 131 Å². The smallest absolute Gasteiger partial charge is 0.227 e. The molecular formula is C17H23ClFNO. The maximum Gasteiger partial charge on any atom is 0.227 e. The predicted molar refractivity (Wildman–Crippen MR) is 84.9 cm³/mol. The molecule has 3 atom stereocenters. The molecule has 0 radical (unpaired) electrons. The van der Waals surface area contributed by atoms with Crippen molar-refractivity contribution in [1.29, 1.82) is 0 Å². The Morgan fingerprint density at radius 3 is 2.71 bits per heavy atom. The third-order valence-electron chi connectivity index (χ3n) is 4.55. The number of rotatable bonds is 3. The lowest BCUT2D eigenvalue weighted by molar-refractivity contribution is -0.124. The van der Waals surface area contributed by atoms with Crippen molar-refractivity contribution in [2.75, 3.05) is 5.32 Å². The number of carbonyl (C=O) groups excluding carboxylic acids is 1. The van der Waals surface area contributed by atoms with Gasteiger partial charge in [0.2, 0.25) is 5.91 Å². The van der Waals surface area contributed by atoms with Gasteiger partial charge in [0.05, 0.1) is 5.69 Å². The highest BCUT2D eigenvalue weighted by atomic mass is 35.5. The Morgan fingerprint density at radius 2 is 2.10 bits per heavy atom. The van der Waals surface area contributed by atoms with Crippen LogP contribution in [0.15, 0.2) is 18.2 Å².